The van der Waals surface area contributed by atoms with Crippen LogP contribution < -0.4 is 0 Å². The van der Waals surface area contributed by atoms with Gasteiger partial charge in [-0.05, 0) is 62.9 Å². The number of piperidine rings is 1. The average molecular weight is 405 g/mol. The summed E-state index contributed by atoms with van der Waals surface area (Å²) in [6.45, 7) is 6.37. The number of amides is 1. The van der Waals surface area contributed by atoms with Gasteiger partial charge in [0.25, 0.3) is 5.91 Å². The molecule has 1 amide bonds. The first-order valence-electron chi connectivity index (χ1n) is 9.51. The minimum atomic E-state index is -3.48. The molecule has 0 bridgehead atoms. The van der Waals surface area contributed by atoms with Crippen LogP contribution in [0.4, 0.5) is 0 Å². The highest BCUT2D eigenvalue weighted by Crippen LogP contribution is 2.22. The molecule has 1 aromatic carbocycles. The van der Waals surface area contributed by atoms with Crippen molar-refractivity contribution in [2.75, 3.05) is 27.2 Å². The number of sulfonamides is 1. The van der Waals surface area contributed by atoms with Crippen LogP contribution in [0.2, 0.25) is 0 Å². The normalized spacial score (nSPS) is 16.0. The Labute approximate surface area is 167 Å². The van der Waals surface area contributed by atoms with Crippen molar-refractivity contribution >= 4 is 15.9 Å². The maximum atomic E-state index is 12.8. The van der Waals surface area contributed by atoms with Crippen molar-refractivity contribution in [1.29, 1.82) is 0 Å². The van der Waals surface area contributed by atoms with Crippen molar-refractivity contribution in [2.45, 2.75) is 38.1 Å². The monoisotopic (exact) mass is 404 g/mol. The molecule has 0 spiro atoms. The Hall–Kier alpha value is -2.19. The van der Waals surface area contributed by atoms with Crippen LogP contribution in [0, 0.1) is 19.8 Å². The third kappa shape index (κ3) is 4.28. The molecule has 1 fully saturated rings. The molecule has 0 unspecified atom stereocenters. The van der Waals surface area contributed by atoms with Crippen molar-refractivity contribution in [1.82, 2.24) is 19.0 Å². The first-order valence-corrected chi connectivity index (χ1v) is 11.0. The molecule has 1 aliphatic heterocycles. The molecule has 2 aromatic rings. The SMILES string of the molecule is Cc1cc(C)n(CC2CCN(C(=O)c3ccc(S(=O)(=O)N(C)C)cc3)CC2)n1. The van der Waals surface area contributed by atoms with Crippen LogP contribution in [0.1, 0.15) is 34.6 Å². The predicted molar refractivity (Wildman–Crippen MR) is 108 cm³/mol. The maximum absolute atomic E-state index is 12.8. The molecular weight excluding hydrogens is 376 g/mol. The van der Waals surface area contributed by atoms with Crippen LogP contribution in [-0.2, 0) is 16.6 Å². The number of hydrogen-bond acceptors (Lipinski definition) is 4. The van der Waals surface area contributed by atoms with Gasteiger partial charge in [-0.2, -0.15) is 5.10 Å². The van der Waals surface area contributed by atoms with E-state index in [0.717, 1.165) is 29.4 Å². The molecule has 2 heterocycles. The fourth-order valence-corrected chi connectivity index (χ4v) is 4.49. The summed E-state index contributed by atoms with van der Waals surface area (Å²) in [5.41, 5.74) is 2.73. The Morgan fingerprint density at radius 2 is 1.75 bits per heavy atom. The van der Waals surface area contributed by atoms with Gasteiger partial charge < -0.3 is 4.90 Å². The third-order valence-electron chi connectivity index (χ3n) is 5.32. The van der Waals surface area contributed by atoms with E-state index in [9.17, 15) is 13.2 Å². The Morgan fingerprint density at radius 3 is 2.25 bits per heavy atom. The fourth-order valence-electron chi connectivity index (χ4n) is 3.59. The first kappa shape index (κ1) is 20.5. The minimum absolute atomic E-state index is 0.0432. The molecule has 3 rings (SSSR count). The van der Waals surface area contributed by atoms with Crippen LogP contribution in [0.5, 0.6) is 0 Å². The molecule has 8 heteroatoms. The Balaban J connectivity index is 1.60. The molecule has 1 saturated heterocycles. The summed E-state index contributed by atoms with van der Waals surface area (Å²) in [7, 11) is -0.502. The van der Waals surface area contributed by atoms with Crippen LogP contribution in [-0.4, -0.2) is 60.5 Å². The van der Waals surface area contributed by atoms with E-state index in [4.69, 9.17) is 0 Å². The second-order valence-corrected chi connectivity index (χ2v) is 9.81. The molecule has 0 N–H and O–H groups in total. The van der Waals surface area contributed by atoms with Crippen LogP contribution in [0.25, 0.3) is 0 Å². The Bertz CT molecular complexity index is 940. The van der Waals surface area contributed by atoms with E-state index in [1.807, 2.05) is 11.8 Å². The van der Waals surface area contributed by atoms with Gasteiger partial charge in [0.15, 0.2) is 0 Å². The van der Waals surface area contributed by atoms with Gasteiger partial charge in [0.2, 0.25) is 10.0 Å². The lowest BCUT2D eigenvalue weighted by molar-refractivity contribution is 0.0680. The number of hydrogen-bond donors (Lipinski definition) is 0. The van der Waals surface area contributed by atoms with E-state index >= 15 is 0 Å². The van der Waals surface area contributed by atoms with Crippen LogP contribution in [0.15, 0.2) is 35.2 Å². The molecule has 1 aromatic heterocycles. The van der Waals surface area contributed by atoms with Crippen LogP contribution in [0.3, 0.4) is 0 Å². The van der Waals surface area contributed by atoms with E-state index in [1.54, 1.807) is 12.1 Å². The van der Waals surface area contributed by atoms with E-state index < -0.39 is 10.0 Å². The highest BCUT2D eigenvalue weighted by atomic mass is 32.2. The van der Waals surface area contributed by atoms with Gasteiger partial charge in [-0.25, -0.2) is 12.7 Å². The summed E-state index contributed by atoms with van der Waals surface area (Å²) in [6.07, 6.45) is 1.88. The van der Waals surface area contributed by atoms with Crippen molar-refractivity contribution < 1.29 is 13.2 Å². The number of carbonyl (C=O) groups excluding carboxylic acids is 1. The molecule has 1 aliphatic rings. The van der Waals surface area contributed by atoms with E-state index in [2.05, 4.69) is 22.8 Å². The highest BCUT2D eigenvalue weighted by Gasteiger charge is 2.25. The second kappa shape index (κ2) is 8.05. The third-order valence-corrected chi connectivity index (χ3v) is 7.15. The number of carbonyl (C=O) groups is 1. The average Bonchev–Trinajstić information content (AvgIpc) is 2.98. The standard InChI is InChI=1S/C20H28N4O3S/c1-15-13-16(2)24(21-15)14-17-9-11-23(12-10-17)20(25)18-5-7-19(8-6-18)28(26,27)22(3)4/h5-8,13,17H,9-12,14H2,1-4H3. The van der Waals surface area contributed by atoms with Crippen molar-refractivity contribution in [2.24, 2.45) is 5.92 Å². The summed E-state index contributed by atoms with van der Waals surface area (Å²) in [5.74, 6) is 0.466. The summed E-state index contributed by atoms with van der Waals surface area (Å²) < 4.78 is 27.5. The summed E-state index contributed by atoms with van der Waals surface area (Å²) >= 11 is 0. The predicted octanol–water partition coefficient (Wildman–Crippen LogP) is 2.30. The first-order chi connectivity index (χ1) is 13.2. The zero-order valence-corrected chi connectivity index (χ0v) is 17.7. The maximum Gasteiger partial charge on any atom is 0.253 e. The van der Waals surface area contributed by atoms with Gasteiger partial charge in [0.05, 0.1) is 10.6 Å². The Morgan fingerprint density at radius 1 is 1.14 bits per heavy atom. The van der Waals surface area contributed by atoms with Crippen molar-refractivity contribution in [3.63, 3.8) is 0 Å². The van der Waals surface area contributed by atoms with Gasteiger partial charge in [0, 0.05) is 45.0 Å². The summed E-state index contributed by atoms with van der Waals surface area (Å²) in [6, 6.07) is 8.27. The number of rotatable bonds is 5. The molecule has 0 radical (unpaired) electrons. The quantitative estimate of drug-likeness (QED) is 0.766. The van der Waals surface area contributed by atoms with E-state index in [1.165, 1.54) is 31.9 Å². The van der Waals surface area contributed by atoms with Crippen LogP contribution >= 0.6 is 0 Å². The summed E-state index contributed by atoms with van der Waals surface area (Å²) in [5, 5.41) is 4.53. The number of nitrogens with zero attached hydrogens (tertiary/aromatic N) is 4. The van der Waals surface area contributed by atoms with Crippen molar-refractivity contribution in [3.8, 4) is 0 Å². The fraction of sp³-hybridized carbons (Fsp3) is 0.500. The number of benzene rings is 1. The zero-order valence-electron chi connectivity index (χ0n) is 16.9. The molecule has 152 valence electrons. The van der Waals surface area contributed by atoms with E-state index in [0.29, 0.717) is 24.6 Å². The lowest BCUT2D eigenvalue weighted by atomic mass is 9.96. The molecule has 0 saturated carbocycles. The molecule has 0 atom stereocenters. The molecule has 7 nitrogen and oxygen atoms in total. The van der Waals surface area contributed by atoms with Gasteiger partial charge >= 0.3 is 0 Å². The van der Waals surface area contributed by atoms with Gasteiger partial charge in [-0.1, -0.05) is 0 Å². The molecule has 0 aliphatic carbocycles. The number of likely N-dealkylation sites (tertiary alicyclic amines) is 1. The molecule has 28 heavy (non-hydrogen) atoms. The highest BCUT2D eigenvalue weighted by molar-refractivity contribution is 7.89. The number of aromatic nitrogens is 2. The lowest BCUT2D eigenvalue weighted by Gasteiger charge is -2.32. The number of aryl methyl sites for hydroxylation is 2. The largest absolute Gasteiger partial charge is 0.339 e. The Kier molecular flexibility index (Phi) is 5.90. The second-order valence-electron chi connectivity index (χ2n) is 7.66. The van der Waals surface area contributed by atoms with Gasteiger partial charge in [-0.15, -0.1) is 0 Å². The van der Waals surface area contributed by atoms with Gasteiger partial charge in [0.1, 0.15) is 0 Å². The lowest BCUT2D eigenvalue weighted by Crippen LogP contribution is -2.39. The molecular formula is C20H28N4O3S. The summed E-state index contributed by atoms with van der Waals surface area (Å²) in [4.78, 5) is 14.8. The van der Waals surface area contributed by atoms with E-state index in [-0.39, 0.29) is 10.8 Å². The van der Waals surface area contributed by atoms with Crippen molar-refractivity contribution in [3.05, 3.63) is 47.3 Å². The topological polar surface area (TPSA) is 75.5 Å². The smallest absolute Gasteiger partial charge is 0.253 e. The minimum Gasteiger partial charge on any atom is -0.339 e. The zero-order chi connectivity index (χ0) is 20.5. The van der Waals surface area contributed by atoms with Gasteiger partial charge in [-0.3, -0.25) is 9.48 Å².